The molecule has 3 heterocycles. The molecule has 7 nitrogen and oxygen atoms in total. The molecular weight excluding hydrogens is 572 g/mol. The predicted molar refractivity (Wildman–Crippen MR) is 180 cm³/mol. The molecule has 46 heavy (non-hydrogen) atoms. The molecule has 0 bridgehead atoms. The van der Waals surface area contributed by atoms with Crippen LogP contribution in [0.25, 0.3) is 10.9 Å². The Hall–Kier alpha value is -2.51. The summed E-state index contributed by atoms with van der Waals surface area (Å²) in [4.78, 5) is 38.2. The largest absolute Gasteiger partial charge is 0.391 e. The highest BCUT2D eigenvalue weighted by atomic mass is 16.3. The molecule has 6 aliphatic rings. The van der Waals surface area contributed by atoms with Gasteiger partial charge in [-0.15, -0.1) is 0 Å². The summed E-state index contributed by atoms with van der Waals surface area (Å²) in [6, 6.07) is 9.28. The molecule has 1 aromatic carbocycles. The average molecular weight is 627 g/mol. The maximum Gasteiger partial charge on any atom is 0.254 e. The lowest BCUT2D eigenvalue weighted by Gasteiger charge is -2.62. The molecule has 6 fully saturated rings. The number of aromatic nitrogens is 1. The summed E-state index contributed by atoms with van der Waals surface area (Å²) in [5, 5.41) is 12.5. The van der Waals surface area contributed by atoms with Crippen LogP contribution in [0.4, 0.5) is 0 Å². The first kappa shape index (κ1) is 30.8. The highest BCUT2D eigenvalue weighted by Crippen LogP contribution is 2.67. The summed E-state index contributed by atoms with van der Waals surface area (Å²) >= 11 is 0. The minimum atomic E-state index is -0.391. The van der Waals surface area contributed by atoms with Gasteiger partial charge in [-0.1, -0.05) is 26.8 Å². The molecule has 2 saturated heterocycles. The second kappa shape index (κ2) is 11.6. The number of carbonyl (C=O) groups excluding carboxylic acids is 2. The lowest BCUT2D eigenvalue weighted by Crippen LogP contribution is -2.62. The Balaban J connectivity index is 0.922. The molecule has 2 aliphatic heterocycles. The zero-order valence-corrected chi connectivity index (χ0v) is 28.2. The van der Waals surface area contributed by atoms with Crippen molar-refractivity contribution >= 4 is 22.7 Å². The van der Waals surface area contributed by atoms with E-state index in [1.54, 1.807) is 11.1 Å². The highest BCUT2D eigenvalue weighted by Gasteiger charge is 2.60. The second-order valence-corrected chi connectivity index (χ2v) is 16.7. The van der Waals surface area contributed by atoms with Crippen molar-refractivity contribution in [2.45, 2.75) is 103 Å². The van der Waals surface area contributed by atoms with Crippen LogP contribution in [-0.2, 0) is 4.79 Å². The molecule has 2 aromatic rings. The van der Waals surface area contributed by atoms with Crippen molar-refractivity contribution in [2.24, 2.45) is 40.4 Å². The lowest BCUT2D eigenvalue weighted by molar-refractivity contribution is -0.153. The average Bonchev–Trinajstić information content (AvgIpc) is 3.68. The van der Waals surface area contributed by atoms with Gasteiger partial charge in [0.2, 0.25) is 5.91 Å². The van der Waals surface area contributed by atoms with Gasteiger partial charge in [0.05, 0.1) is 11.6 Å². The normalized spacial score (nSPS) is 41.2. The number of aliphatic hydroxyl groups is 1. The van der Waals surface area contributed by atoms with Crippen LogP contribution in [0, 0.1) is 40.4 Å². The van der Waals surface area contributed by atoms with E-state index >= 15 is 0 Å². The van der Waals surface area contributed by atoms with Crippen LogP contribution in [0.2, 0.25) is 0 Å². The molecule has 1 N–H and O–H groups in total. The Morgan fingerprint density at radius 2 is 1.72 bits per heavy atom. The van der Waals surface area contributed by atoms with Gasteiger partial charge in [0.15, 0.2) is 0 Å². The van der Waals surface area contributed by atoms with E-state index in [9.17, 15) is 14.7 Å². The SMILES string of the molecule is C[C@H]1CCC2C3CCC4C[C@H](O)[C@@H](N5CCN(C(=O)[C@@H]6CCCN6C(=O)c6ccc7ncccc7c6)CC5)C[C@]4(C)C3CC[C@@]21C. The Morgan fingerprint density at radius 1 is 0.913 bits per heavy atom. The third-order valence-electron chi connectivity index (χ3n) is 14.9. The summed E-state index contributed by atoms with van der Waals surface area (Å²) < 4.78 is 0. The smallest absolute Gasteiger partial charge is 0.254 e. The molecule has 1 aromatic heterocycles. The van der Waals surface area contributed by atoms with E-state index in [0.29, 0.717) is 41.9 Å². The van der Waals surface area contributed by atoms with E-state index in [-0.39, 0.29) is 24.0 Å². The number of pyridine rings is 1. The Kier molecular flexibility index (Phi) is 7.75. The standard InChI is InChI=1S/C39H54N4O3/c1-25-8-12-30-29-11-10-28-23-35(44)34(24-39(28,3)31(29)14-15-38(25,30)2)41-18-20-42(21-19-41)37(46)33-7-5-17-43(33)36(45)27-9-13-32-26(22-27)6-4-16-40-32/h4,6,9,13,16,22,25,28-31,33-35,44H,5,7-8,10-12,14-15,17-21,23-24H2,1-3H3/t25-,28?,29?,30?,31?,33-,34-,35-,38+,39-/m0/s1. The molecule has 4 unspecified atom stereocenters. The fourth-order valence-electron chi connectivity index (χ4n) is 12.0. The monoisotopic (exact) mass is 626 g/mol. The van der Waals surface area contributed by atoms with Crippen LogP contribution in [0.3, 0.4) is 0 Å². The van der Waals surface area contributed by atoms with Gasteiger partial charge in [-0.05, 0) is 129 Å². The number of carbonyl (C=O) groups is 2. The van der Waals surface area contributed by atoms with Crippen molar-refractivity contribution in [1.82, 2.24) is 19.7 Å². The molecule has 0 radical (unpaired) electrons. The number of amides is 2. The molecule has 2 amide bonds. The summed E-state index contributed by atoms with van der Waals surface area (Å²) in [7, 11) is 0. The van der Waals surface area contributed by atoms with Crippen molar-refractivity contribution in [3.05, 3.63) is 42.1 Å². The van der Waals surface area contributed by atoms with E-state index in [4.69, 9.17) is 0 Å². The van der Waals surface area contributed by atoms with Crippen LogP contribution < -0.4 is 0 Å². The summed E-state index contributed by atoms with van der Waals surface area (Å²) in [5.41, 5.74) is 2.33. The number of likely N-dealkylation sites (tertiary alicyclic amines) is 1. The van der Waals surface area contributed by atoms with Crippen molar-refractivity contribution in [1.29, 1.82) is 0 Å². The first-order valence-electron chi connectivity index (χ1n) is 18.5. The zero-order valence-electron chi connectivity index (χ0n) is 28.2. The van der Waals surface area contributed by atoms with Gasteiger partial charge in [-0.3, -0.25) is 19.5 Å². The van der Waals surface area contributed by atoms with Crippen molar-refractivity contribution in [2.75, 3.05) is 32.7 Å². The summed E-state index contributed by atoms with van der Waals surface area (Å²) in [6.07, 6.45) is 13.3. The molecule has 4 saturated carbocycles. The fourth-order valence-corrected chi connectivity index (χ4v) is 12.0. The van der Waals surface area contributed by atoms with Gasteiger partial charge in [-0.2, -0.15) is 0 Å². The number of piperazine rings is 1. The molecule has 4 aliphatic carbocycles. The molecule has 7 heteroatoms. The van der Waals surface area contributed by atoms with Crippen LogP contribution in [0.15, 0.2) is 36.5 Å². The van der Waals surface area contributed by atoms with E-state index < -0.39 is 6.04 Å². The van der Waals surface area contributed by atoms with Crippen LogP contribution >= 0.6 is 0 Å². The van der Waals surface area contributed by atoms with Gasteiger partial charge in [0.1, 0.15) is 6.04 Å². The maximum atomic E-state index is 13.9. The Morgan fingerprint density at radius 3 is 2.54 bits per heavy atom. The van der Waals surface area contributed by atoms with Crippen molar-refractivity contribution in [3.63, 3.8) is 0 Å². The number of benzene rings is 1. The third-order valence-corrected chi connectivity index (χ3v) is 14.9. The molecule has 248 valence electrons. The highest BCUT2D eigenvalue weighted by molar-refractivity contribution is 6.00. The molecule has 10 atom stereocenters. The predicted octanol–water partition coefficient (Wildman–Crippen LogP) is 6.00. The van der Waals surface area contributed by atoms with E-state index in [1.807, 2.05) is 35.2 Å². The van der Waals surface area contributed by atoms with Crippen LogP contribution in [0.1, 0.15) is 95.3 Å². The van der Waals surface area contributed by atoms with E-state index in [1.165, 1.54) is 38.5 Å². The molecular formula is C39H54N4O3. The second-order valence-electron chi connectivity index (χ2n) is 16.7. The number of fused-ring (bicyclic) bond motifs is 6. The van der Waals surface area contributed by atoms with Gasteiger partial charge in [-0.25, -0.2) is 0 Å². The Labute approximate surface area is 275 Å². The number of hydrogen-bond acceptors (Lipinski definition) is 5. The van der Waals surface area contributed by atoms with Gasteiger partial charge >= 0.3 is 0 Å². The topological polar surface area (TPSA) is 77.0 Å². The van der Waals surface area contributed by atoms with Crippen LogP contribution in [-0.4, -0.2) is 87.5 Å². The van der Waals surface area contributed by atoms with Gasteiger partial charge < -0.3 is 14.9 Å². The lowest BCUT2D eigenvalue weighted by atomic mass is 9.44. The number of hydrogen-bond donors (Lipinski definition) is 1. The van der Waals surface area contributed by atoms with Crippen molar-refractivity contribution < 1.29 is 14.7 Å². The summed E-state index contributed by atoms with van der Waals surface area (Å²) in [5.74, 6) is 4.06. The quantitative estimate of drug-likeness (QED) is 0.452. The van der Waals surface area contributed by atoms with Crippen LogP contribution in [0.5, 0.6) is 0 Å². The third kappa shape index (κ3) is 4.84. The maximum absolute atomic E-state index is 13.9. The zero-order chi connectivity index (χ0) is 31.8. The number of aliphatic hydroxyl groups excluding tert-OH is 1. The molecule has 0 spiro atoms. The first-order chi connectivity index (χ1) is 22.2. The van der Waals surface area contributed by atoms with Gasteiger partial charge in [0, 0.05) is 55.9 Å². The van der Waals surface area contributed by atoms with E-state index in [0.717, 1.165) is 73.3 Å². The number of nitrogens with zero attached hydrogens (tertiary/aromatic N) is 4. The first-order valence-corrected chi connectivity index (χ1v) is 18.5. The van der Waals surface area contributed by atoms with E-state index in [2.05, 4.69) is 30.7 Å². The van der Waals surface area contributed by atoms with Gasteiger partial charge in [0.25, 0.3) is 5.91 Å². The van der Waals surface area contributed by atoms with Crippen molar-refractivity contribution in [3.8, 4) is 0 Å². The number of rotatable bonds is 3. The minimum absolute atomic E-state index is 0.0609. The Bertz CT molecular complexity index is 1490. The minimum Gasteiger partial charge on any atom is -0.391 e. The summed E-state index contributed by atoms with van der Waals surface area (Å²) in [6.45, 7) is 11.3. The fraction of sp³-hybridized carbons (Fsp3) is 0.718. The molecule has 8 rings (SSSR count).